The lowest BCUT2D eigenvalue weighted by atomic mass is 10.1. The van der Waals surface area contributed by atoms with Crippen LogP contribution in [-0.4, -0.2) is 18.9 Å². The van der Waals surface area contributed by atoms with Crippen LogP contribution in [0.4, 0.5) is 11.4 Å². The zero-order valence-corrected chi connectivity index (χ0v) is 13.3. The predicted molar refractivity (Wildman–Crippen MR) is 84.5 cm³/mol. The molecule has 0 saturated heterocycles. The minimum absolute atomic E-state index is 0.0361. The molecule has 0 atom stereocenters. The van der Waals surface area contributed by atoms with Crippen LogP contribution in [0.2, 0.25) is 0 Å². The van der Waals surface area contributed by atoms with Crippen molar-refractivity contribution in [1.29, 1.82) is 0 Å². The third kappa shape index (κ3) is 5.45. The van der Waals surface area contributed by atoms with Crippen molar-refractivity contribution in [2.75, 3.05) is 17.7 Å². The molecule has 2 N–H and O–H groups in total. The van der Waals surface area contributed by atoms with Crippen LogP contribution in [0, 0.1) is 11.8 Å². The molecule has 0 fully saturated rings. The summed E-state index contributed by atoms with van der Waals surface area (Å²) in [6.07, 6.45) is 0.466. The fourth-order valence-corrected chi connectivity index (χ4v) is 1.73. The smallest absolute Gasteiger partial charge is 0.227 e. The van der Waals surface area contributed by atoms with Gasteiger partial charge in [0.15, 0.2) is 0 Å². The van der Waals surface area contributed by atoms with Crippen LogP contribution < -0.4 is 15.4 Å². The maximum absolute atomic E-state index is 11.8. The van der Waals surface area contributed by atoms with Gasteiger partial charge in [0.2, 0.25) is 11.8 Å². The van der Waals surface area contributed by atoms with E-state index in [1.807, 2.05) is 27.7 Å². The van der Waals surface area contributed by atoms with Gasteiger partial charge in [0.05, 0.1) is 12.8 Å². The van der Waals surface area contributed by atoms with Gasteiger partial charge >= 0.3 is 0 Å². The molecule has 0 spiro atoms. The quantitative estimate of drug-likeness (QED) is 0.845. The molecule has 2 amide bonds. The molecule has 1 aromatic carbocycles. The van der Waals surface area contributed by atoms with Crippen LogP contribution in [0.3, 0.4) is 0 Å². The number of anilines is 2. The molecule has 0 aromatic heterocycles. The second-order valence-corrected chi connectivity index (χ2v) is 5.71. The number of hydrogen-bond donors (Lipinski definition) is 2. The van der Waals surface area contributed by atoms with Crippen molar-refractivity contribution in [3.8, 4) is 5.75 Å². The minimum Gasteiger partial charge on any atom is -0.494 e. The monoisotopic (exact) mass is 292 g/mol. The molecule has 21 heavy (non-hydrogen) atoms. The third-order valence-corrected chi connectivity index (χ3v) is 2.86. The van der Waals surface area contributed by atoms with Gasteiger partial charge in [0.1, 0.15) is 5.75 Å². The van der Waals surface area contributed by atoms with E-state index in [2.05, 4.69) is 10.6 Å². The summed E-state index contributed by atoms with van der Waals surface area (Å²) in [5, 5.41) is 5.62. The van der Waals surface area contributed by atoms with Crippen molar-refractivity contribution in [3.63, 3.8) is 0 Å². The maximum atomic E-state index is 11.8. The number of amides is 2. The van der Waals surface area contributed by atoms with E-state index in [0.717, 1.165) is 0 Å². The summed E-state index contributed by atoms with van der Waals surface area (Å²) in [7, 11) is 1.53. The number of carbonyl (C=O) groups is 2. The number of carbonyl (C=O) groups excluding carboxylic acids is 2. The lowest BCUT2D eigenvalue weighted by Crippen LogP contribution is -2.18. The van der Waals surface area contributed by atoms with Gasteiger partial charge in [0.25, 0.3) is 0 Å². The molecule has 1 rings (SSSR count). The van der Waals surface area contributed by atoms with E-state index in [9.17, 15) is 9.59 Å². The van der Waals surface area contributed by atoms with Gasteiger partial charge in [-0.05, 0) is 18.1 Å². The zero-order valence-electron chi connectivity index (χ0n) is 13.3. The first-order chi connectivity index (χ1) is 9.83. The number of benzene rings is 1. The predicted octanol–water partition coefficient (Wildman–Crippen LogP) is 3.27. The Morgan fingerprint density at radius 3 is 2.33 bits per heavy atom. The number of rotatable bonds is 6. The first-order valence-electron chi connectivity index (χ1n) is 7.12. The highest BCUT2D eigenvalue weighted by atomic mass is 16.5. The van der Waals surface area contributed by atoms with E-state index in [4.69, 9.17) is 4.74 Å². The lowest BCUT2D eigenvalue weighted by Gasteiger charge is -2.14. The Labute approximate surface area is 126 Å². The van der Waals surface area contributed by atoms with Crippen molar-refractivity contribution in [2.24, 2.45) is 11.8 Å². The second kappa shape index (κ2) is 7.67. The van der Waals surface area contributed by atoms with Crippen molar-refractivity contribution >= 4 is 23.2 Å². The van der Waals surface area contributed by atoms with Gasteiger partial charge in [-0.1, -0.05) is 27.7 Å². The van der Waals surface area contributed by atoms with Gasteiger partial charge < -0.3 is 15.4 Å². The standard InChI is InChI=1S/C16H24N2O3/c1-10(2)8-15(19)17-12-6-7-13(14(9-12)21-5)18-16(20)11(3)4/h6-7,9-11H,8H2,1-5H3,(H,17,19)(H,18,20). The number of nitrogens with one attached hydrogen (secondary N) is 2. The Hall–Kier alpha value is -2.04. The van der Waals surface area contributed by atoms with Crippen LogP contribution in [0.5, 0.6) is 5.75 Å². The number of methoxy groups -OCH3 is 1. The Balaban J connectivity index is 2.83. The van der Waals surface area contributed by atoms with Crippen LogP contribution in [0.25, 0.3) is 0 Å². The molecule has 0 unspecified atom stereocenters. The topological polar surface area (TPSA) is 67.4 Å². The summed E-state index contributed by atoms with van der Waals surface area (Å²) in [6.45, 7) is 7.63. The Morgan fingerprint density at radius 2 is 1.81 bits per heavy atom. The summed E-state index contributed by atoms with van der Waals surface area (Å²) >= 11 is 0. The highest BCUT2D eigenvalue weighted by Gasteiger charge is 2.12. The zero-order chi connectivity index (χ0) is 16.0. The summed E-state index contributed by atoms with van der Waals surface area (Å²) in [6, 6.07) is 5.18. The number of ether oxygens (including phenoxy) is 1. The van der Waals surface area contributed by atoms with Crippen molar-refractivity contribution in [3.05, 3.63) is 18.2 Å². The van der Waals surface area contributed by atoms with Crippen LogP contribution in [0.1, 0.15) is 34.1 Å². The Bertz CT molecular complexity index is 510. The summed E-state index contributed by atoms with van der Waals surface area (Å²) in [5.74, 6) is 0.596. The molecule has 1 aromatic rings. The van der Waals surface area contributed by atoms with Gasteiger partial charge in [-0.15, -0.1) is 0 Å². The molecular weight excluding hydrogens is 268 g/mol. The average Bonchev–Trinajstić information content (AvgIpc) is 2.39. The molecule has 5 heteroatoms. The molecule has 5 nitrogen and oxygen atoms in total. The van der Waals surface area contributed by atoms with Gasteiger partial charge in [0, 0.05) is 24.1 Å². The van der Waals surface area contributed by atoms with E-state index >= 15 is 0 Å². The largest absolute Gasteiger partial charge is 0.494 e. The minimum atomic E-state index is -0.111. The summed E-state index contributed by atoms with van der Waals surface area (Å²) < 4.78 is 5.26. The second-order valence-electron chi connectivity index (χ2n) is 5.71. The average molecular weight is 292 g/mol. The molecule has 116 valence electrons. The first-order valence-corrected chi connectivity index (χ1v) is 7.12. The van der Waals surface area contributed by atoms with Gasteiger partial charge in [-0.25, -0.2) is 0 Å². The molecule has 0 saturated carbocycles. The Kier molecular flexibility index (Phi) is 6.21. The van der Waals surface area contributed by atoms with E-state index in [1.165, 1.54) is 7.11 Å². The molecule has 0 radical (unpaired) electrons. The van der Waals surface area contributed by atoms with Gasteiger partial charge in [-0.3, -0.25) is 9.59 Å². The van der Waals surface area contributed by atoms with E-state index < -0.39 is 0 Å². The van der Waals surface area contributed by atoms with Crippen molar-refractivity contribution < 1.29 is 14.3 Å². The highest BCUT2D eigenvalue weighted by Crippen LogP contribution is 2.28. The molecule has 0 aliphatic rings. The van der Waals surface area contributed by atoms with E-state index in [-0.39, 0.29) is 17.7 Å². The summed E-state index contributed by atoms with van der Waals surface area (Å²) in [5.41, 5.74) is 1.25. The van der Waals surface area contributed by atoms with E-state index in [1.54, 1.807) is 18.2 Å². The SMILES string of the molecule is COc1cc(NC(=O)CC(C)C)ccc1NC(=O)C(C)C. The normalized spacial score (nSPS) is 10.6. The molecular formula is C16H24N2O3. The highest BCUT2D eigenvalue weighted by molar-refractivity contribution is 5.95. The lowest BCUT2D eigenvalue weighted by molar-refractivity contribution is -0.119. The summed E-state index contributed by atoms with van der Waals surface area (Å²) in [4.78, 5) is 23.5. The first kappa shape index (κ1) is 17.0. The van der Waals surface area contributed by atoms with Gasteiger partial charge in [-0.2, -0.15) is 0 Å². The molecule has 0 bridgehead atoms. The third-order valence-electron chi connectivity index (χ3n) is 2.86. The van der Waals surface area contributed by atoms with Crippen LogP contribution in [0.15, 0.2) is 18.2 Å². The van der Waals surface area contributed by atoms with Crippen LogP contribution >= 0.6 is 0 Å². The number of hydrogen-bond acceptors (Lipinski definition) is 3. The van der Waals surface area contributed by atoms with Crippen molar-refractivity contribution in [1.82, 2.24) is 0 Å². The fraction of sp³-hybridized carbons (Fsp3) is 0.500. The van der Waals surface area contributed by atoms with E-state index in [0.29, 0.717) is 29.5 Å². The van der Waals surface area contributed by atoms with Crippen LogP contribution in [-0.2, 0) is 9.59 Å². The van der Waals surface area contributed by atoms with Crippen molar-refractivity contribution in [2.45, 2.75) is 34.1 Å². The molecule has 0 heterocycles. The fourth-order valence-electron chi connectivity index (χ4n) is 1.73. The maximum Gasteiger partial charge on any atom is 0.227 e. The molecule has 0 aliphatic heterocycles. The Morgan fingerprint density at radius 1 is 1.14 bits per heavy atom. The molecule has 0 aliphatic carbocycles.